The van der Waals surface area contributed by atoms with E-state index < -0.39 is 0 Å². The maximum Gasteiger partial charge on any atom is 0.208 e. The van der Waals surface area contributed by atoms with Gasteiger partial charge in [-0.2, -0.15) is 0 Å². The molecule has 0 amide bonds. The molecule has 0 saturated heterocycles. The Bertz CT molecular complexity index is 716. The number of ether oxygens (including phenoxy) is 1. The third-order valence-corrected chi connectivity index (χ3v) is 4.25. The van der Waals surface area contributed by atoms with E-state index in [-0.39, 0.29) is 0 Å². The largest absolute Gasteiger partial charge is 0.493 e. The summed E-state index contributed by atoms with van der Waals surface area (Å²) in [6.07, 6.45) is 0. The fourth-order valence-electron chi connectivity index (χ4n) is 1.86. The number of nitrogens with zero attached hydrogens (tertiary/aromatic N) is 2. The van der Waals surface area contributed by atoms with Crippen LogP contribution < -0.4 is 4.74 Å². The highest BCUT2D eigenvalue weighted by molar-refractivity contribution is 9.10. The van der Waals surface area contributed by atoms with Crippen LogP contribution >= 0.6 is 27.7 Å². The topological polar surface area (TPSA) is 50.8 Å². The zero-order valence-corrected chi connectivity index (χ0v) is 14.1. The van der Waals surface area contributed by atoms with Gasteiger partial charge in [-0.25, -0.2) is 4.98 Å². The number of thioether (sulfide) groups is 1. The Balaban J connectivity index is 1.50. The van der Waals surface area contributed by atoms with Gasteiger partial charge in [0.2, 0.25) is 5.16 Å². The summed E-state index contributed by atoms with van der Waals surface area (Å²) in [6.45, 7) is 0.622. The minimum atomic E-state index is 0.622. The normalized spacial score (nSPS) is 10.6. The lowest BCUT2D eigenvalue weighted by Gasteiger charge is -2.03. The lowest BCUT2D eigenvalue weighted by atomic mass is 10.2. The Morgan fingerprint density at radius 2 is 1.82 bits per heavy atom. The molecule has 3 rings (SSSR count). The molecule has 0 spiro atoms. The number of aromatic nitrogens is 3. The van der Waals surface area contributed by atoms with E-state index in [1.54, 1.807) is 11.8 Å². The summed E-state index contributed by atoms with van der Waals surface area (Å²) >= 11 is 4.99. The van der Waals surface area contributed by atoms with Gasteiger partial charge in [0.15, 0.2) is 5.82 Å². The number of H-pyrrole nitrogens is 1. The number of benzene rings is 2. The van der Waals surface area contributed by atoms with E-state index in [1.165, 1.54) is 0 Å². The second-order valence-corrected chi connectivity index (χ2v) is 6.46. The summed E-state index contributed by atoms with van der Waals surface area (Å²) in [5.41, 5.74) is 1.02. The Labute approximate surface area is 141 Å². The van der Waals surface area contributed by atoms with Crippen LogP contribution in [0.2, 0.25) is 0 Å². The number of aromatic amines is 1. The van der Waals surface area contributed by atoms with E-state index >= 15 is 0 Å². The first-order valence-electron chi connectivity index (χ1n) is 6.80. The molecule has 0 aliphatic carbocycles. The van der Waals surface area contributed by atoms with E-state index in [0.29, 0.717) is 6.61 Å². The van der Waals surface area contributed by atoms with Crippen LogP contribution in [0, 0.1) is 0 Å². The zero-order chi connectivity index (χ0) is 15.2. The van der Waals surface area contributed by atoms with Gasteiger partial charge < -0.3 is 4.74 Å². The molecule has 0 saturated carbocycles. The molecule has 0 bridgehead atoms. The zero-order valence-electron chi connectivity index (χ0n) is 11.7. The first-order chi connectivity index (χ1) is 10.8. The van der Waals surface area contributed by atoms with Gasteiger partial charge in [0, 0.05) is 15.8 Å². The van der Waals surface area contributed by atoms with Crippen molar-refractivity contribution in [3.63, 3.8) is 0 Å². The number of rotatable bonds is 6. The highest BCUT2D eigenvalue weighted by Gasteiger charge is 2.06. The van der Waals surface area contributed by atoms with Gasteiger partial charge >= 0.3 is 0 Å². The highest BCUT2D eigenvalue weighted by Crippen LogP contribution is 2.21. The van der Waals surface area contributed by atoms with Crippen molar-refractivity contribution >= 4 is 27.7 Å². The molecular weight excluding hydrogens is 362 g/mol. The fourth-order valence-corrected chi connectivity index (χ4v) is 2.74. The molecule has 0 aliphatic heterocycles. The average Bonchev–Trinajstić information content (AvgIpc) is 3.02. The lowest BCUT2D eigenvalue weighted by Crippen LogP contribution is -2.00. The molecule has 0 unspecified atom stereocenters. The van der Waals surface area contributed by atoms with E-state index in [4.69, 9.17) is 4.74 Å². The highest BCUT2D eigenvalue weighted by atomic mass is 79.9. The molecule has 1 N–H and O–H groups in total. The van der Waals surface area contributed by atoms with Crippen LogP contribution in [0.4, 0.5) is 0 Å². The number of halogens is 1. The van der Waals surface area contributed by atoms with Crippen molar-refractivity contribution in [3.8, 4) is 17.1 Å². The molecule has 0 atom stereocenters. The predicted molar refractivity (Wildman–Crippen MR) is 92.2 cm³/mol. The van der Waals surface area contributed by atoms with E-state index in [9.17, 15) is 0 Å². The van der Waals surface area contributed by atoms with Crippen LogP contribution in [0.25, 0.3) is 11.4 Å². The van der Waals surface area contributed by atoms with Gasteiger partial charge in [0.05, 0.1) is 6.61 Å². The van der Waals surface area contributed by atoms with Crippen molar-refractivity contribution < 1.29 is 4.74 Å². The molecule has 6 heteroatoms. The van der Waals surface area contributed by atoms with Crippen LogP contribution in [-0.2, 0) is 0 Å². The average molecular weight is 376 g/mol. The molecule has 1 aromatic heterocycles. The molecule has 1 heterocycles. The van der Waals surface area contributed by atoms with Crippen LogP contribution in [0.5, 0.6) is 5.75 Å². The van der Waals surface area contributed by atoms with Crippen LogP contribution in [0.3, 0.4) is 0 Å². The van der Waals surface area contributed by atoms with Gasteiger partial charge in [0.25, 0.3) is 0 Å². The van der Waals surface area contributed by atoms with Crippen molar-refractivity contribution in [2.24, 2.45) is 0 Å². The smallest absolute Gasteiger partial charge is 0.208 e. The molecule has 112 valence electrons. The van der Waals surface area contributed by atoms with Gasteiger partial charge in [-0.05, 0) is 24.3 Å². The van der Waals surface area contributed by atoms with Crippen molar-refractivity contribution in [2.75, 3.05) is 12.4 Å². The number of nitrogens with one attached hydrogen (secondary N) is 1. The molecule has 4 nitrogen and oxygen atoms in total. The molecule has 0 radical (unpaired) electrons. The first-order valence-corrected chi connectivity index (χ1v) is 8.58. The summed E-state index contributed by atoms with van der Waals surface area (Å²) in [6, 6.07) is 17.8. The molecule has 0 fully saturated rings. The SMILES string of the molecule is Brc1ccc(-c2nc(SCCOc3ccccc3)n[nH]2)cc1. The number of para-hydroxylation sites is 1. The van der Waals surface area contributed by atoms with E-state index in [0.717, 1.165) is 32.5 Å². The van der Waals surface area contributed by atoms with Crippen molar-refractivity contribution in [1.29, 1.82) is 0 Å². The summed E-state index contributed by atoms with van der Waals surface area (Å²) in [4.78, 5) is 4.48. The quantitative estimate of drug-likeness (QED) is 0.512. The summed E-state index contributed by atoms with van der Waals surface area (Å²) in [5.74, 6) is 2.46. The minimum Gasteiger partial charge on any atom is -0.493 e. The molecular formula is C16H14BrN3OS. The summed E-state index contributed by atoms with van der Waals surface area (Å²) in [7, 11) is 0. The van der Waals surface area contributed by atoms with E-state index in [1.807, 2.05) is 54.6 Å². The lowest BCUT2D eigenvalue weighted by molar-refractivity contribution is 0.344. The minimum absolute atomic E-state index is 0.622. The molecule has 22 heavy (non-hydrogen) atoms. The Morgan fingerprint density at radius 1 is 1.05 bits per heavy atom. The van der Waals surface area contributed by atoms with Crippen molar-refractivity contribution in [1.82, 2.24) is 15.2 Å². The third-order valence-electron chi connectivity index (χ3n) is 2.91. The Hall–Kier alpha value is -1.79. The maximum absolute atomic E-state index is 5.64. The summed E-state index contributed by atoms with van der Waals surface area (Å²) < 4.78 is 6.69. The summed E-state index contributed by atoms with van der Waals surface area (Å²) in [5, 5.41) is 7.91. The second kappa shape index (κ2) is 7.47. The maximum atomic E-state index is 5.64. The fraction of sp³-hybridized carbons (Fsp3) is 0.125. The monoisotopic (exact) mass is 375 g/mol. The molecule has 3 aromatic rings. The van der Waals surface area contributed by atoms with Crippen molar-refractivity contribution in [3.05, 3.63) is 59.1 Å². The van der Waals surface area contributed by atoms with Crippen LogP contribution in [0.15, 0.2) is 64.2 Å². The number of hydrogen-bond acceptors (Lipinski definition) is 4. The Kier molecular flexibility index (Phi) is 5.13. The van der Waals surface area contributed by atoms with Gasteiger partial charge in [-0.1, -0.05) is 58.0 Å². The number of hydrogen-bond donors (Lipinski definition) is 1. The first kappa shape index (κ1) is 15.1. The predicted octanol–water partition coefficient (Wildman–Crippen LogP) is 4.41. The third kappa shape index (κ3) is 4.11. The van der Waals surface area contributed by atoms with Gasteiger partial charge in [-0.3, -0.25) is 5.10 Å². The van der Waals surface area contributed by atoms with Crippen LogP contribution in [0.1, 0.15) is 0 Å². The standard InChI is InChI=1S/C16H14BrN3OS/c17-13-8-6-12(7-9-13)15-18-16(20-19-15)22-11-10-21-14-4-2-1-3-5-14/h1-9H,10-11H2,(H,18,19,20). The Morgan fingerprint density at radius 3 is 2.59 bits per heavy atom. The van der Waals surface area contributed by atoms with Crippen LogP contribution in [-0.4, -0.2) is 27.5 Å². The van der Waals surface area contributed by atoms with Gasteiger partial charge in [-0.15, -0.1) is 5.10 Å². The second-order valence-electron chi connectivity index (χ2n) is 4.48. The molecule has 2 aromatic carbocycles. The van der Waals surface area contributed by atoms with E-state index in [2.05, 4.69) is 31.1 Å². The van der Waals surface area contributed by atoms with Gasteiger partial charge in [0.1, 0.15) is 5.75 Å². The molecule has 0 aliphatic rings. The van der Waals surface area contributed by atoms with Crippen molar-refractivity contribution in [2.45, 2.75) is 5.16 Å².